The van der Waals surface area contributed by atoms with Crippen molar-refractivity contribution in [3.05, 3.63) is 11.8 Å². The zero-order valence-corrected chi connectivity index (χ0v) is 12.0. The number of carbonyl (C=O) groups excluding carboxylic acids is 1. The van der Waals surface area contributed by atoms with E-state index in [2.05, 4.69) is 15.5 Å². The minimum atomic E-state index is 0.891. The third kappa shape index (κ3) is 6.93. The molecule has 1 amide bonds. The first-order valence-electron chi connectivity index (χ1n) is 6.65. The number of aryl methyl sites for hydroxylation is 1. The zero-order chi connectivity index (χ0) is 13.8. The summed E-state index contributed by atoms with van der Waals surface area (Å²) in [6.45, 7) is 7.92. The molecule has 0 atom stereocenters. The van der Waals surface area contributed by atoms with Crippen LogP contribution in [0.15, 0.2) is 6.07 Å². The topological polar surface area (TPSA) is 61.0 Å². The second-order valence-corrected chi connectivity index (χ2v) is 3.89. The molecule has 2 rings (SSSR count). The molecule has 104 valence electrons. The first kappa shape index (κ1) is 16.5. The minimum Gasteiger partial charge on any atom is -0.372 e. The van der Waals surface area contributed by atoms with Crippen molar-refractivity contribution in [3.63, 3.8) is 0 Å². The Morgan fingerprint density at radius 3 is 2.22 bits per heavy atom. The standard InChI is InChI=1S/C6H11NO.C5H9N3.C2H6/c8-6-7-4-2-1-3-5-7;1-4-3-5(6-2)8-7-4;1-2/h6H,1-5H2;3H,1-2H3,(H2,6,7,8);1-2H3. The number of rotatable bonds is 2. The number of H-pyrrole nitrogens is 1. The molecule has 0 bridgehead atoms. The number of piperidine rings is 1. The van der Waals surface area contributed by atoms with E-state index in [0.717, 1.165) is 31.0 Å². The van der Waals surface area contributed by atoms with Gasteiger partial charge in [0.15, 0.2) is 0 Å². The van der Waals surface area contributed by atoms with E-state index >= 15 is 0 Å². The Labute approximate surface area is 110 Å². The maximum absolute atomic E-state index is 10.1. The highest BCUT2D eigenvalue weighted by molar-refractivity contribution is 5.46. The molecule has 2 heterocycles. The van der Waals surface area contributed by atoms with Crippen LogP contribution in [0.2, 0.25) is 0 Å². The van der Waals surface area contributed by atoms with Crippen LogP contribution >= 0.6 is 0 Å². The van der Waals surface area contributed by atoms with E-state index in [4.69, 9.17) is 0 Å². The highest BCUT2D eigenvalue weighted by Gasteiger charge is 2.05. The lowest BCUT2D eigenvalue weighted by atomic mass is 10.1. The molecule has 2 N–H and O–H groups in total. The summed E-state index contributed by atoms with van der Waals surface area (Å²) in [5.74, 6) is 0.891. The second-order valence-electron chi connectivity index (χ2n) is 3.89. The van der Waals surface area contributed by atoms with E-state index in [0.29, 0.717) is 0 Å². The lowest BCUT2D eigenvalue weighted by molar-refractivity contribution is -0.118. The largest absolute Gasteiger partial charge is 0.372 e. The minimum absolute atomic E-state index is 0.891. The van der Waals surface area contributed by atoms with Gasteiger partial charge in [0.05, 0.1) is 0 Å². The number of carbonyl (C=O) groups is 1. The molecule has 1 fully saturated rings. The predicted octanol–water partition coefficient (Wildman–Crippen LogP) is 2.41. The van der Waals surface area contributed by atoms with E-state index < -0.39 is 0 Å². The lowest BCUT2D eigenvalue weighted by Gasteiger charge is -2.21. The molecular formula is C13H26N4O. The van der Waals surface area contributed by atoms with Crippen molar-refractivity contribution in [2.75, 3.05) is 25.5 Å². The number of hydrogen-bond donors (Lipinski definition) is 2. The highest BCUT2D eigenvalue weighted by atomic mass is 16.1. The second kappa shape index (κ2) is 10.6. The quantitative estimate of drug-likeness (QED) is 0.797. The number of nitrogens with zero attached hydrogens (tertiary/aromatic N) is 2. The number of nitrogens with one attached hydrogen (secondary N) is 2. The van der Waals surface area contributed by atoms with Crippen molar-refractivity contribution in [1.82, 2.24) is 15.1 Å². The van der Waals surface area contributed by atoms with Gasteiger partial charge in [0.25, 0.3) is 0 Å². The highest BCUT2D eigenvalue weighted by Crippen LogP contribution is 2.05. The Kier molecular flexibility index (Phi) is 9.73. The molecule has 1 aromatic rings. The van der Waals surface area contributed by atoms with Crippen molar-refractivity contribution >= 4 is 12.2 Å². The Bertz CT molecular complexity index is 306. The number of anilines is 1. The van der Waals surface area contributed by atoms with Gasteiger partial charge >= 0.3 is 0 Å². The van der Waals surface area contributed by atoms with E-state index in [9.17, 15) is 4.79 Å². The van der Waals surface area contributed by atoms with E-state index in [1.807, 2.05) is 38.8 Å². The van der Waals surface area contributed by atoms with Crippen molar-refractivity contribution in [1.29, 1.82) is 0 Å². The molecule has 0 aliphatic carbocycles. The van der Waals surface area contributed by atoms with Crippen LogP contribution in [0.1, 0.15) is 38.8 Å². The fraction of sp³-hybridized carbons (Fsp3) is 0.692. The van der Waals surface area contributed by atoms with Crippen LogP contribution in [-0.2, 0) is 4.79 Å². The van der Waals surface area contributed by atoms with Crippen LogP contribution in [0.3, 0.4) is 0 Å². The smallest absolute Gasteiger partial charge is 0.209 e. The van der Waals surface area contributed by atoms with Crippen LogP contribution in [-0.4, -0.2) is 41.6 Å². The van der Waals surface area contributed by atoms with Gasteiger partial charge in [-0.2, -0.15) is 5.10 Å². The Morgan fingerprint density at radius 1 is 1.33 bits per heavy atom. The van der Waals surface area contributed by atoms with Gasteiger partial charge in [-0.1, -0.05) is 13.8 Å². The third-order valence-electron chi connectivity index (χ3n) is 2.50. The fourth-order valence-electron chi connectivity index (χ4n) is 1.57. The van der Waals surface area contributed by atoms with Gasteiger partial charge in [-0.3, -0.25) is 9.89 Å². The molecule has 0 spiro atoms. The number of likely N-dealkylation sites (tertiary alicyclic amines) is 1. The summed E-state index contributed by atoms with van der Waals surface area (Å²) in [6.07, 6.45) is 4.63. The average Bonchev–Trinajstić information content (AvgIpc) is 2.88. The van der Waals surface area contributed by atoms with E-state index in [1.165, 1.54) is 19.3 Å². The van der Waals surface area contributed by atoms with Crippen molar-refractivity contribution < 1.29 is 4.79 Å². The van der Waals surface area contributed by atoms with Crippen LogP contribution in [0.5, 0.6) is 0 Å². The third-order valence-corrected chi connectivity index (χ3v) is 2.50. The number of aromatic nitrogens is 2. The summed E-state index contributed by atoms with van der Waals surface area (Å²) in [5, 5.41) is 9.61. The first-order valence-corrected chi connectivity index (χ1v) is 6.65. The van der Waals surface area contributed by atoms with Gasteiger partial charge < -0.3 is 10.2 Å². The van der Waals surface area contributed by atoms with Gasteiger partial charge in [0.2, 0.25) is 6.41 Å². The Morgan fingerprint density at radius 2 is 1.94 bits per heavy atom. The summed E-state index contributed by atoms with van der Waals surface area (Å²) in [6, 6.07) is 1.94. The molecule has 0 unspecified atom stereocenters. The van der Waals surface area contributed by atoms with Gasteiger partial charge in [0, 0.05) is 31.9 Å². The summed E-state index contributed by atoms with van der Waals surface area (Å²) in [7, 11) is 1.84. The zero-order valence-electron chi connectivity index (χ0n) is 12.0. The molecule has 0 saturated carbocycles. The van der Waals surface area contributed by atoms with Crippen LogP contribution < -0.4 is 5.32 Å². The molecule has 18 heavy (non-hydrogen) atoms. The van der Waals surface area contributed by atoms with Gasteiger partial charge in [-0.15, -0.1) is 0 Å². The van der Waals surface area contributed by atoms with Gasteiger partial charge in [-0.05, 0) is 26.2 Å². The van der Waals surface area contributed by atoms with E-state index in [1.54, 1.807) is 0 Å². The van der Waals surface area contributed by atoms with Crippen molar-refractivity contribution in [2.24, 2.45) is 0 Å². The molecule has 1 aliphatic rings. The Balaban J connectivity index is 0.000000283. The van der Waals surface area contributed by atoms with Gasteiger partial charge in [0.1, 0.15) is 5.82 Å². The molecule has 5 heteroatoms. The molecule has 1 saturated heterocycles. The molecule has 1 aliphatic heterocycles. The first-order chi connectivity index (χ1) is 8.76. The maximum Gasteiger partial charge on any atom is 0.209 e. The fourth-order valence-corrected chi connectivity index (χ4v) is 1.57. The molecule has 0 radical (unpaired) electrons. The van der Waals surface area contributed by atoms with Crippen LogP contribution in [0, 0.1) is 6.92 Å². The number of amides is 1. The van der Waals surface area contributed by atoms with Crippen LogP contribution in [0.25, 0.3) is 0 Å². The van der Waals surface area contributed by atoms with Crippen molar-refractivity contribution in [2.45, 2.75) is 40.0 Å². The summed E-state index contributed by atoms with van der Waals surface area (Å²) >= 11 is 0. The SMILES string of the molecule is CC.CNc1cc(C)[nH]n1.O=CN1CCCCC1. The molecule has 1 aromatic heterocycles. The lowest BCUT2D eigenvalue weighted by Crippen LogP contribution is -2.27. The average molecular weight is 254 g/mol. The number of aromatic amines is 1. The van der Waals surface area contributed by atoms with E-state index in [-0.39, 0.29) is 0 Å². The molecule has 5 nitrogen and oxygen atoms in total. The summed E-state index contributed by atoms with van der Waals surface area (Å²) in [5.41, 5.74) is 1.08. The van der Waals surface area contributed by atoms with Gasteiger partial charge in [-0.25, -0.2) is 0 Å². The normalized spacial score (nSPS) is 13.7. The molecule has 0 aromatic carbocycles. The van der Waals surface area contributed by atoms with Crippen LogP contribution in [0.4, 0.5) is 5.82 Å². The summed E-state index contributed by atoms with van der Waals surface area (Å²) < 4.78 is 0. The molecular weight excluding hydrogens is 228 g/mol. The van der Waals surface area contributed by atoms with Crippen molar-refractivity contribution in [3.8, 4) is 0 Å². The predicted molar refractivity (Wildman–Crippen MR) is 75.7 cm³/mol. The monoisotopic (exact) mass is 254 g/mol. The Hall–Kier alpha value is -1.52. The number of hydrogen-bond acceptors (Lipinski definition) is 3. The summed E-state index contributed by atoms with van der Waals surface area (Å²) in [4.78, 5) is 11.9. The maximum atomic E-state index is 10.1.